The minimum absolute atomic E-state index is 0.0771. The van der Waals surface area contributed by atoms with Crippen LogP contribution in [0, 0.1) is 6.92 Å². The summed E-state index contributed by atoms with van der Waals surface area (Å²) in [5, 5.41) is 10.2. The third-order valence-electron chi connectivity index (χ3n) is 5.11. The standard InChI is InChI=1S/C17H23N5OS/c1-12-20-16(11-24-12)17(23)18-7-5-14-9-21(13-3-2-4-13)10-15-6-8-19-22(14)15/h6,8,11,13-14H,2-5,7,9-10H2,1H3,(H,18,23). The Balaban J connectivity index is 1.36. The molecule has 1 atom stereocenters. The molecule has 2 aromatic heterocycles. The van der Waals surface area contributed by atoms with Gasteiger partial charge in [0.1, 0.15) is 5.69 Å². The zero-order chi connectivity index (χ0) is 16.5. The second kappa shape index (κ2) is 6.64. The number of hydrogen-bond acceptors (Lipinski definition) is 5. The number of thiazole rings is 1. The predicted octanol–water partition coefficient (Wildman–Crippen LogP) is 2.38. The molecule has 0 spiro atoms. The smallest absolute Gasteiger partial charge is 0.270 e. The van der Waals surface area contributed by atoms with Gasteiger partial charge in [0.2, 0.25) is 0 Å². The minimum Gasteiger partial charge on any atom is -0.351 e. The summed E-state index contributed by atoms with van der Waals surface area (Å²) in [6.07, 6.45) is 6.78. The Morgan fingerprint density at radius 2 is 2.33 bits per heavy atom. The third-order valence-corrected chi connectivity index (χ3v) is 5.89. The van der Waals surface area contributed by atoms with Crippen LogP contribution in [0.1, 0.15) is 52.9 Å². The number of amides is 1. The van der Waals surface area contributed by atoms with E-state index in [4.69, 9.17) is 0 Å². The number of aromatic nitrogens is 3. The molecule has 1 unspecified atom stereocenters. The van der Waals surface area contributed by atoms with E-state index in [0.717, 1.165) is 30.6 Å². The fourth-order valence-electron chi connectivity index (χ4n) is 3.57. The lowest BCUT2D eigenvalue weighted by molar-refractivity contribution is 0.0723. The number of hydrogen-bond donors (Lipinski definition) is 1. The summed E-state index contributed by atoms with van der Waals surface area (Å²) < 4.78 is 2.15. The van der Waals surface area contributed by atoms with E-state index < -0.39 is 0 Å². The van der Waals surface area contributed by atoms with Gasteiger partial charge in [-0.25, -0.2) is 4.98 Å². The highest BCUT2D eigenvalue weighted by Crippen LogP contribution is 2.31. The van der Waals surface area contributed by atoms with E-state index in [9.17, 15) is 4.79 Å². The lowest BCUT2D eigenvalue weighted by Gasteiger charge is -2.42. The fourth-order valence-corrected chi connectivity index (χ4v) is 4.16. The summed E-state index contributed by atoms with van der Waals surface area (Å²) in [5.41, 5.74) is 1.82. The van der Waals surface area contributed by atoms with E-state index >= 15 is 0 Å². The maximum atomic E-state index is 12.1. The number of aryl methyl sites for hydroxylation is 1. The molecular formula is C17H23N5OS. The highest BCUT2D eigenvalue weighted by atomic mass is 32.1. The van der Waals surface area contributed by atoms with Crippen LogP contribution in [0.5, 0.6) is 0 Å². The Morgan fingerprint density at radius 3 is 3.04 bits per heavy atom. The largest absolute Gasteiger partial charge is 0.351 e. The Bertz CT molecular complexity index is 720. The van der Waals surface area contributed by atoms with Crippen molar-refractivity contribution in [2.24, 2.45) is 0 Å². The number of nitrogens with zero attached hydrogens (tertiary/aromatic N) is 4. The van der Waals surface area contributed by atoms with E-state index in [1.807, 2.05) is 18.5 Å². The molecule has 4 rings (SSSR count). The molecule has 2 aromatic rings. The second-order valence-corrected chi connectivity index (χ2v) is 7.79. The molecule has 6 nitrogen and oxygen atoms in total. The first-order chi connectivity index (χ1) is 11.7. The molecular weight excluding hydrogens is 322 g/mol. The van der Waals surface area contributed by atoms with Crippen molar-refractivity contribution in [1.82, 2.24) is 25.0 Å². The molecule has 0 bridgehead atoms. The van der Waals surface area contributed by atoms with E-state index in [2.05, 4.69) is 31.0 Å². The van der Waals surface area contributed by atoms with Crippen molar-refractivity contribution in [3.8, 4) is 0 Å². The SMILES string of the molecule is Cc1nc(C(=O)NCCC2CN(C3CCC3)Cc3ccnn32)cs1. The summed E-state index contributed by atoms with van der Waals surface area (Å²) in [4.78, 5) is 19.0. The molecule has 24 heavy (non-hydrogen) atoms. The molecule has 1 amide bonds. The van der Waals surface area contributed by atoms with Gasteiger partial charge in [-0.3, -0.25) is 14.4 Å². The van der Waals surface area contributed by atoms with Gasteiger partial charge in [0.15, 0.2) is 0 Å². The zero-order valence-corrected chi connectivity index (χ0v) is 14.8. The maximum Gasteiger partial charge on any atom is 0.270 e. The second-order valence-electron chi connectivity index (χ2n) is 6.73. The van der Waals surface area contributed by atoms with E-state index in [1.54, 1.807) is 0 Å². The first-order valence-electron chi connectivity index (χ1n) is 8.67. The van der Waals surface area contributed by atoms with Crippen LogP contribution in [0.15, 0.2) is 17.6 Å². The number of carbonyl (C=O) groups excluding carboxylic acids is 1. The highest BCUT2D eigenvalue weighted by Gasteiger charge is 2.32. The maximum absolute atomic E-state index is 12.1. The van der Waals surface area contributed by atoms with Crippen LogP contribution in [-0.4, -0.2) is 44.7 Å². The number of fused-ring (bicyclic) bond motifs is 1. The van der Waals surface area contributed by atoms with Crippen LogP contribution in [0.4, 0.5) is 0 Å². The summed E-state index contributed by atoms with van der Waals surface area (Å²) in [6.45, 7) is 4.60. The first-order valence-corrected chi connectivity index (χ1v) is 9.55. The Labute approximate surface area is 145 Å². The first kappa shape index (κ1) is 15.8. The van der Waals surface area contributed by atoms with Crippen molar-refractivity contribution < 1.29 is 4.79 Å². The van der Waals surface area contributed by atoms with Crippen molar-refractivity contribution in [2.75, 3.05) is 13.1 Å². The topological polar surface area (TPSA) is 63.1 Å². The van der Waals surface area contributed by atoms with Gasteiger partial charge in [-0.15, -0.1) is 11.3 Å². The minimum atomic E-state index is -0.0771. The molecule has 3 heterocycles. The molecule has 7 heteroatoms. The molecule has 1 fully saturated rings. The van der Waals surface area contributed by atoms with Crippen molar-refractivity contribution in [3.63, 3.8) is 0 Å². The molecule has 0 aromatic carbocycles. The molecule has 1 N–H and O–H groups in total. The number of nitrogens with one attached hydrogen (secondary N) is 1. The van der Waals surface area contributed by atoms with Crippen molar-refractivity contribution in [3.05, 3.63) is 34.0 Å². The van der Waals surface area contributed by atoms with Gasteiger partial charge in [-0.1, -0.05) is 6.42 Å². The van der Waals surface area contributed by atoms with E-state index in [-0.39, 0.29) is 5.91 Å². The van der Waals surface area contributed by atoms with Crippen molar-refractivity contribution in [1.29, 1.82) is 0 Å². The van der Waals surface area contributed by atoms with Crippen LogP contribution in [0.25, 0.3) is 0 Å². The molecule has 0 radical (unpaired) electrons. The highest BCUT2D eigenvalue weighted by molar-refractivity contribution is 7.09. The Kier molecular flexibility index (Phi) is 4.37. The van der Waals surface area contributed by atoms with Gasteiger partial charge in [0, 0.05) is 37.3 Å². The van der Waals surface area contributed by atoms with E-state index in [1.165, 1.54) is 36.3 Å². The van der Waals surface area contributed by atoms with Gasteiger partial charge in [0.25, 0.3) is 5.91 Å². The summed E-state index contributed by atoms with van der Waals surface area (Å²) in [7, 11) is 0. The van der Waals surface area contributed by atoms with Gasteiger partial charge in [0.05, 0.1) is 16.7 Å². The Morgan fingerprint density at radius 1 is 1.46 bits per heavy atom. The van der Waals surface area contributed by atoms with Crippen LogP contribution < -0.4 is 5.32 Å². The fraction of sp³-hybridized carbons (Fsp3) is 0.588. The average Bonchev–Trinajstić information content (AvgIpc) is 3.14. The molecule has 1 aliphatic heterocycles. The van der Waals surface area contributed by atoms with Crippen LogP contribution in [-0.2, 0) is 6.54 Å². The predicted molar refractivity (Wildman–Crippen MR) is 93.1 cm³/mol. The van der Waals surface area contributed by atoms with Crippen molar-refractivity contribution >= 4 is 17.2 Å². The Hall–Kier alpha value is -1.73. The van der Waals surface area contributed by atoms with E-state index in [0.29, 0.717) is 18.3 Å². The monoisotopic (exact) mass is 345 g/mol. The molecule has 1 aliphatic carbocycles. The summed E-state index contributed by atoms with van der Waals surface area (Å²) in [5.74, 6) is -0.0771. The summed E-state index contributed by atoms with van der Waals surface area (Å²) >= 11 is 1.51. The van der Waals surface area contributed by atoms with Gasteiger partial charge in [-0.2, -0.15) is 5.10 Å². The van der Waals surface area contributed by atoms with Gasteiger partial charge < -0.3 is 5.32 Å². The van der Waals surface area contributed by atoms with Gasteiger partial charge >= 0.3 is 0 Å². The lowest BCUT2D eigenvalue weighted by Crippen LogP contribution is -2.47. The van der Waals surface area contributed by atoms with Crippen LogP contribution in [0.2, 0.25) is 0 Å². The number of rotatable bonds is 5. The molecule has 2 aliphatic rings. The molecule has 0 saturated heterocycles. The average molecular weight is 345 g/mol. The quantitative estimate of drug-likeness (QED) is 0.904. The zero-order valence-electron chi connectivity index (χ0n) is 13.9. The third kappa shape index (κ3) is 3.10. The van der Waals surface area contributed by atoms with Gasteiger partial charge in [-0.05, 0) is 32.3 Å². The lowest BCUT2D eigenvalue weighted by atomic mass is 9.90. The summed E-state index contributed by atoms with van der Waals surface area (Å²) in [6, 6.07) is 3.19. The molecule has 1 saturated carbocycles. The van der Waals surface area contributed by atoms with Crippen LogP contribution >= 0.6 is 11.3 Å². The normalized spacial score (nSPS) is 21.3. The van der Waals surface area contributed by atoms with Crippen molar-refractivity contribution in [2.45, 2.75) is 51.2 Å². The molecule has 128 valence electrons. The number of carbonyl (C=O) groups is 1. The van der Waals surface area contributed by atoms with Crippen LogP contribution in [0.3, 0.4) is 0 Å².